The van der Waals surface area contributed by atoms with Crippen molar-refractivity contribution in [2.75, 3.05) is 0 Å². The van der Waals surface area contributed by atoms with E-state index < -0.39 is 5.83 Å². The topological polar surface area (TPSA) is 12.9 Å². The van der Waals surface area contributed by atoms with Crippen LogP contribution in [0.1, 0.15) is 5.56 Å². The molecule has 0 fully saturated rings. The molecule has 0 unspecified atom stereocenters. The van der Waals surface area contributed by atoms with Crippen LogP contribution in [-0.4, -0.2) is 4.98 Å². The third-order valence-corrected chi connectivity index (χ3v) is 2.74. The number of aromatic nitrogens is 1. The summed E-state index contributed by atoms with van der Waals surface area (Å²) in [6.07, 6.45) is 3.16. The second-order valence-corrected chi connectivity index (χ2v) is 3.95. The molecule has 1 radical (unpaired) electrons. The van der Waals surface area contributed by atoms with Gasteiger partial charge in [0.25, 0.3) is 0 Å². The number of benzene rings is 1. The molecule has 1 heterocycles. The molecule has 0 aliphatic heterocycles. The van der Waals surface area contributed by atoms with E-state index >= 15 is 0 Å². The van der Waals surface area contributed by atoms with Crippen LogP contribution in [0, 0.1) is 6.92 Å². The Labute approximate surface area is 91.9 Å². The quantitative estimate of drug-likeness (QED) is 0.743. The Morgan fingerprint density at radius 3 is 2.60 bits per heavy atom. The molecule has 2 rings (SSSR count). The van der Waals surface area contributed by atoms with E-state index in [1.54, 1.807) is 17.5 Å². The van der Waals surface area contributed by atoms with Crippen molar-refractivity contribution < 1.29 is 4.39 Å². The van der Waals surface area contributed by atoms with Gasteiger partial charge in [0, 0.05) is 24.1 Å². The molecule has 0 atom stereocenters. The lowest BCUT2D eigenvalue weighted by atomic mass is 10.1. The fraction of sp³-hybridized carbons (Fsp3) is 0. The normalized spacial score (nSPS) is 11.7. The molecule has 2 aromatic rings. The van der Waals surface area contributed by atoms with Crippen molar-refractivity contribution in [3.63, 3.8) is 0 Å². The molecule has 0 saturated heterocycles. The van der Waals surface area contributed by atoms with E-state index in [4.69, 9.17) is 0 Å². The van der Waals surface area contributed by atoms with Crippen LogP contribution in [0.25, 0.3) is 16.6 Å². The Morgan fingerprint density at radius 2 is 2.07 bits per heavy atom. The summed E-state index contributed by atoms with van der Waals surface area (Å²) in [5.74, 6) is -0.433. The summed E-state index contributed by atoms with van der Waals surface area (Å²) in [6, 6.07) is 7.55. The van der Waals surface area contributed by atoms with E-state index in [0.717, 1.165) is 16.1 Å². The summed E-state index contributed by atoms with van der Waals surface area (Å²) in [7, 11) is 0. The van der Waals surface area contributed by atoms with E-state index in [2.05, 4.69) is 11.9 Å². The standard InChI is InChI=1S/C12H9FNS/c1-9(13)8-10-2-4-11(5-3-10)12-14-6-7-15-12/h2-8H,1H2/b9-8+. The highest BCUT2D eigenvalue weighted by atomic mass is 32.1. The Balaban J connectivity index is 2.29. The predicted molar refractivity (Wildman–Crippen MR) is 62.0 cm³/mol. The van der Waals surface area contributed by atoms with Gasteiger partial charge < -0.3 is 0 Å². The van der Waals surface area contributed by atoms with Gasteiger partial charge in [0.2, 0.25) is 0 Å². The van der Waals surface area contributed by atoms with Crippen LogP contribution in [0.2, 0.25) is 0 Å². The molecule has 0 spiro atoms. The van der Waals surface area contributed by atoms with Crippen LogP contribution < -0.4 is 0 Å². The molecule has 1 aromatic carbocycles. The Bertz CT molecular complexity index is 453. The van der Waals surface area contributed by atoms with Gasteiger partial charge in [0.15, 0.2) is 0 Å². The van der Waals surface area contributed by atoms with Gasteiger partial charge in [-0.2, -0.15) is 0 Å². The van der Waals surface area contributed by atoms with Crippen molar-refractivity contribution in [2.45, 2.75) is 0 Å². The molecule has 3 heteroatoms. The number of hydrogen-bond acceptors (Lipinski definition) is 2. The molecule has 0 aliphatic carbocycles. The van der Waals surface area contributed by atoms with Gasteiger partial charge >= 0.3 is 0 Å². The third-order valence-electron chi connectivity index (χ3n) is 1.91. The molecule has 0 bridgehead atoms. The van der Waals surface area contributed by atoms with E-state index in [1.165, 1.54) is 6.08 Å². The molecule has 15 heavy (non-hydrogen) atoms. The van der Waals surface area contributed by atoms with Gasteiger partial charge in [-0.05, 0) is 11.6 Å². The number of hydrogen-bond donors (Lipinski definition) is 0. The summed E-state index contributed by atoms with van der Waals surface area (Å²) in [5.41, 5.74) is 1.86. The summed E-state index contributed by atoms with van der Waals surface area (Å²) < 4.78 is 12.5. The van der Waals surface area contributed by atoms with E-state index in [1.807, 2.05) is 29.6 Å². The largest absolute Gasteiger partial charge is 0.245 e. The van der Waals surface area contributed by atoms with Crippen molar-refractivity contribution >= 4 is 17.4 Å². The number of rotatable bonds is 2. The van der Waals surface area contributed by atoms with Crippen LogP contribution in [0.3, 0.4) is 0 Å². The van der Waals surface area contributed by atoms with Gasteiger partial charge in [0.1, 0.15) is 10.8 Å². The van der Waals surface area contributed by atoms with Crippen LogP contribution in [-0.2, 0) is 0 Å². The minimum Gasteiger partial charge on any atom is -0.245 e. The molecular formula is C12H9FNS. The summed E-state index contributed by atoms with van der Waals surface area (Å²) in [5, 5.41) is 2.90. The van der Waals surface area contributed by atoms with Gasteiger partial charge in [-0.1, -0.05) is 24.3 Å². The minimum atomic E-state index is -0.433. The lowest BCUT2D eigenvalue weighted by molar-refractivity contribution is 0.673. The molecule has 0 saturated carbocycles. The first kappa shape index (κ1) is 10.1. The zero-order chi connectivity index (χ0) is 10.7. The van der Waals surface area contributed by atoms with Crippen LogP contribution in [0.15, 0.2) is 41.7 Å². The second-order valence-electron chi connectivity index (χ2n) is 3.05. The van der Waals surface area contributed by atoms with Crippen LogP contribution in [0.4, 0.5) is 4.39 Å². The van der Waals surface area contributed by atoms with Crippen molar-refractivity contribution in [2.24, 2.45) is 0 Å². The number of thiazole rings is 1. The first-order valence-electron chi connectivity index (χ1n) is 4.45. The van der Waals surface area contributed by atoms with Crippen LogP contribution >= 0.6 is 11.3 Å². The highest BCUT2D eigenvalue weighted by Gasteiger charge is 1.99. The highest BCUT2D eigenvalue weighted by molar-refractivity contribution is 7.13. The Hall–Kier alpha value is -1.48. The van der Waals surface area contributed by atoms with Crippen molar-refractivity contribution in [3.05, 3.63) is 54.2 Å². The van der Waals surface area contributed by atoms with E-state index in [0.29, 0.717) is 0 Å². The van der Waals surface area contributed by atoms with E-state index in [9.17, 15) is 4.39 Å². The molecule has 0 N–H and O–H groups in total. The number of halogens is 1. The average Bonchev–Trinajstić information content (AvgIpc) is 2.71. The Morgan fingerprint density at radius 1 is 1.33 bits per heavy atom. The summed E-state index contributed by atoms with van der Waals surface area (Å²) >= 11 is 1.58. The lowest BCUT2D eigenvalue weighted by Gasteiger charge is -1.97. The van der Waals surface area contributed by atoms with Gasteiger partial charge in [-0.15, -0.1) is 11.3 Å². The first-order chi connectivity index (χ1) is 7.25. The molecule has 0 aliphatic rings. The Kier molecular flexibility index (Phi) is 2.92. The minimum absolute atomic E-state index is 0.433. The number of allylic oxidation sites excluding steroid dienone is 1. The predicted octanol–water partition coefficient (Wildman–Crippen LogP) is 3.95. The molecule has 1 aromatic heterocycles. The third kappa shape index (κ3) is 2.50. The van der Waals surface area contributed by atoms with Gasteiger partial charge in [-0.25, -0.2) is 9.37 Å². The second kappa shape index (κ2) is 4.36. The van der Waals surface area contributed by atoms with Crippen LogP contribution in [0.5, 0.6) is 0 Å². The lowest BCUT2D eigenvalue weighted by Crippen LogP contribution is -1.77. The van der Waals surface area contributed by atoms with Gasteiger partial charge in [-0.3, -0.25) is 0 Å². The summed E-state index contributed by atoms with van der Waals surface area (Å²) in [6.45, 7) is 3.19. The van der Waals surface area contributed by atoms with Crippen molar-refractivity contribution in [1.82, 2.24) is 4.98 Å². The monoisotopic (exact) mass is 218 g/mol. The average molecular weight is 218 g/mol. The maximum absolute atomic E-state index is 12.5. The molecule has 1 nitrogen and oxygen atoms in total. The maximum atomic E-state index is 12.5. The SMILES string of the molecule is [CH2]/C(F)=C\c1ccc(-c2nccs2)cc1. The fourth-order valence-corrected chi connectivity index (χ4v) is 1.91. The fourth-order valence-electron chi connectivity index (χ4n) is 1.27. The van der Waals surface area contributed by atoms with Gasteiger partial charge in [0.05, 0.1) is 0 Å². The first-order valence-corrected chi connectivity index (χ1v) is 5.33. The maximum Gasteiger partial charge on any atom is 0.123 e. The van der Waals surface area contributed by atoms with E-state index in [-0.39, 0.29) is 0 Å². The smallest absolute Gasteiger partial charge is 0.123 e. The zero-order valence-electron chi connectivity index (χ0n) is 7.98. The molecular weight excluding hydrogens is 209 g/mol. The number of nitrogens with zero attached hydrogens (tertiary/aromatic N) is 1. The van der Waals surface area contributed by atoms with Crippen molar-refractivity contribution in [3.8, 4) is 10.6 Å². The molecule has 0 amide bonds. The highest BCUT2D eigenvalue weighted by Crippen LogP contribution is 2.22. The van der Waals surface area contributed by atoms with Crippen molar-refractivity contribution in [1.29, 1.82) is 0 Å². The zero-order valence-corrected chi connectivity index (χ0v) is 8.80. The molecule has 75 valence electrons. The summed E-state index contributed by atoms with van der Waals surface area (Å²) in [4.78, 5) is 4.19.